The number of fused-ring (bicyclic) bond motifs is 2. The zero-order valence-corrected chi connectivity index (χ0v) is 21.4. The van der Waals surface area contributed by atoms with Gasteiger partial charge in [-0.1, -0.05) is 72.8 Å². The second-order valence-electron chi connectivity index (χ2n) is 9.53. The Morgan fingerprint density at radius 3 is 2.57 bits per heavy atom. The molecule has 37 heavy (non-hydrogen) atoms. The quantitative estimate of drug-likeness (QED) is 0.235. The number of imidazole rings is 1. The van der Waals surface area contributed by atoms with E-state index in [9.17, 15) is 4.79 Å². The molecular weight excluding hydrogens is 476 g/mol. The minimum absolute atomic E-state index is 0.200. The summed E-state index contributed by atoms with van der Waals surface area (Å²) in [5.74, 6) is 0.973. The minimum atomic E-state index is -0.244. The number of thiol groups is 1. The van der Waals surface area contributed by atoms with Crippen molar-refractivity contribution in [2.45, 2.75) is 37.2 Å². The fourth-order valence-corrected chi connectivity index (χ4v) is 5.91. The predicted molar refractivity (Wildman–Crippen MR) is 151 cm³/mol. The van der Waals surface area contributed by atoms with Crippen molar-refractivity contribution in [1.82, 2.24) is 9.55 Å². The molecule has 0 aliphatic heterocycles. The van der Waals surface area contributed by atoms with Crippen molar-refractivity contribution < 1.29 is 9.53 Å². The summed E-state index contributed by atoms with van der Waals surface area (Å²) >= 11 is 5.21. The number of rotatable bonds is 7. The van der Waals surface area contributed by atoms with E-state index in [1.807, 2.05) is 47.4 Å². The van der Waals surface area contributed by atoms with E-state index < -0.39 is 0 Å². The smallest absolute Gasteiger partial charge is 0.163 e. The number of hydrogen-bond acceptors (Lipinski definition) is 4. The molecule has 0 amide bonds. The molecule has 0 bridgehead atoms. The van der Waals surface area contributed by atoms with Gasteiger partial charge in [-0.2, -0.15) is 12.6 Å². The number of carbonyl (C=O) groups is 1. The fraction of sp³-hybridized carbons (Fsp3) is 0.188. The van der Waals surface area contributed by atoms with Crippen molar-refractivity contribution in [2.24, 2.45) is 0 Å². The van der Waals surface area contributed by atoms with Crippen molar-refractivity contribution >= 4 is 29.2 Å². The number of carbonyl (C=O) groups excluding carboxylic acids is 1. The van der Waals surface area contributed by atoms with Crippen LogP contribution in [0, 0.1) is 0 Å². The van der Waals surface area contributed by atoms with E-state index in [1.165, 1.54) is 5.39 Å². The van der Waals surface area contributed by atoms with E-state index in [-0.39, 0.29) is 17.1 Å². The maximum Gasteiger partial charge on any atom is 0.163 e. The Kier molecular flexibility index (Phi) is 6.54. The molecule has 2 atom stereocenters. The highest BCUT2D eigenvalue weighted by Crippen LogP contribution is 2.44. The lowest BCUT2D eigenvalue weighted by Crippen LogP contribution is -2.19. The Balaban J connectivity index is 1.49. The third-order valence-corrected chi connectivity index (χ3v) is 7.75. The first kappa shape index (κ1) is 23.6. The summed E-state index contributed by atoms with van der Waals surface area (Å²) in [7, 11) is 0. The Morgan fingerprint density at radius 1 is 0.919 bits per heavy atom. The fourth-order valence-electron chi connectivity index (χ4n) is 5.40. The highest BCUT2D eigenvalue weighted by atomic mass is 32.1. The Morgan fingerprint density at radius 2 is 1.73 bits per heavy atom. The zero-order chi connectivity index (χ0) is 25.2. The van der Waals surface area contributed by atoms with Gasteiger partial charge >= 0.3 is 0 Å². The molecular formula is C32H28N2O2S. The van der Waals surface area contributed by atoms with Gasteiger partial charge in [0.05, 0.1) is 18.1 Å². The average Bonchev–Trinajstić information content (AvgIpc) is 3.46. The summed E-state index contributed by atoms with van der Waals surface area (Å²) in [4.78, 5) is 17.1. The van der Waals surface area contributed by atoms with Gasteiger partial charge in [-0.25, -0.2) is 4.98 Å². The number of ether oxygens (including phenoxy) is 1. The first-order valence-electron chi connectivity index (χ1n) is 12.7. The predicted octanol–water partition coefficient (Wildman–Crippen LogP) is 7.39. The van der Waals surface area contributed by atoms with Gasteiger partial charge in [0.25, 0.3) is 0 Å². The molecule has 0 spiro atoms. The van der Waals surface area contributed by atoms with Crippen LogP contribution in [0.25, 0.3) is 10.8 Å². The largest absolute Gasteiger partial charge is 0.484 e. The molecule has 1 aromatic heterocycles. The molecule has 1 aliphatic carbocycles. The molecule has 184 valence electrons. The molecule has 1 heterocycles. The van der Waals surface area contributed by atoms with E-state index in [1.54, 1.807) is 6.20 Å². The summed E-state index contributed by atoms with van der Waals surface area (Å²) in [6, 6.07) is 28.9. The van der Waals surface area contributed by atoms with Crippen LogP contribution in [0.3, 0.4) is 0 Å². The highest BCUT2D eigenvalue weighted by molar-refractivity contribution is 7.80. The average molecular weight is 505 g/mol. The van der Waals surface area contributed by atoms with Gasteiger partial charge in [0.15, 0.2) is 5.78 Å². The molecule has 0 saturated heterocycles. The zero-order valence-electron chi connectivity index (χ0n) is 20.5. The van der Waals surface area contributed by atoms with Gasteiger partial charge in [0, 0.05) is 29.9 Å². The third kappa shape index (κ3) is 4.67. The van der Waals surface area contributed by atoms with Gasteiger partial charge < -0.3 is 9.30 Å². The maximum atomic E-state index is 12.9. The lowest BCUT2D eigenvalue weighted by molar-refractivity contribution is 0.0972. The van der Waals surface area contributed by atoms with Gasteiger partial charge in [-0.3, -0.25) is 4.79 Å². The first-order valence-corrected chi connectivity index (χ1v) is 13.2. The van der Waals surface area contributed by atoms with E-state index in [0.717, 1.165) is 51.8 Å². The van der Waals surface area contributed by atoms with E-state index in [2.05, 4.69) is 59.6 Å². The van der Waals surface area contributed by atoms with Crippen LogP contribution in [0.1, 0.15) is 56.8 Å². The minimum Gasteiger partial charge on any atom is -0.484 e. The van der Waals surface area contributed by atoms with E-state index in [4.69, 9.17) is 17.4 Å². The van der Waals surface area contributed by atoms with Crippen LogP contribution in [-0.4, -0.2) is 15.3 Å². The summed E-state index contributed by atoms with van der Waals surface area (Å²) < 4.78 is 8.88. The van der Waals surface area contributed by atoms with Crippen molar-refractivity contribution in [3.8, 4) is 5.75 Å². The number of hydrogen-bond donors (Lipinski definition) is 1. The van der Waals surface area contributed by atoms with Crippen molar-refractivity contribution in [3.05, 3.63) is 131 Å². The molecule has 1 unspecified atom stereocenters. The van der Waals surface area contributed by atoms with Crippen LogP contribution in [0.15, 0.2) is 104 Å². The standard InChI is InChI=1S/C32H28N2O2S/c35-28-15-7-13-26-25(28)16-17-29(31(26)32(37)27-14-6-11-22-8-4-5-12-24(22)27)36-30(20-34-19-18-33-21-34)23-9-2-1-3-10-23/h1-6,8-12,14,16-19,21,30,32,37H,7,13,15,20H2/t30-,32?/m1/s1. The number of Topliss-reactive ketones (excluding diaryl/α,β-unsaturated/α-hetero) is 1. The lowest BCUT2D eigenvalue weighted by atomic mass is 9.84. The van der Waals surface area contributed by atoms with Gasteiger partial charge in [-0.05, 0) is 52.4 Å². The molecule has 0 N–H and O–H groups in total. The molecule has 1 aliphatic rings. The molecule has 6 rings (SSSR count). The number of benzene rings is 4. The summed E-state index contributed by atoms with van der Waals surface area (Å²) in [5, 5.41) is 2.09. The Bertz CT molecular complexity index is 1540. The molecule has 4 aromatic carbocycles. The monoisotopic (exact) mass is 504 g/mol. The maximum absolute atomic E-state index is 12.9. The molecule has 5 heteroatoms. The summed E-state index contributed by atoms with van der Waals surface area (Å²) in [6.45, 7) is 0.616. The Hall–Kier alpha value is -3.83. The van der Waals surface area contributed by atoms with Crippen molar-refractivity contribution in [3.63, 3.8) is 0 Å². The lowest BCUT2D eigenvalue weighted by Gasteiger charge is -2.28. The highest BCUT2D eigenvalue weighted by Gasteiger charge is 2.28. The van der Waals surface area contributed by atoms with Crippen LogP contribution in [0.5, 0.6) is 5.75 Å². The van der Waals surface area contributed by atoms with Crippen LogP contribution in [0.4, 0.5) is 0 Å². The van der Waals surface area contributed by atoms with E-state index in [0.29, 0.717) is 13.0 Å². The second kappa shape index (κ2) is 10.3. The van der Waals surface area contributed by atoms with E-state index >= 15 is 0 Å². The Labute approximate surface area is 222 Å². The molecule has 0 radical (unpaired) electrons. The van der Waals surface area contributed by atoms with Gasteiger partial charge in [0.1, 0.15) is 11.9 Å². The van der Waals surface area contributed by atoms with Crippen LogP contribution in [-0.2, 0) is 13.0 Å². The molecule has 0 saturated carbocycles. The van der Waals surface area contributed by atoms with Crippen LogP contribution >= 0.6 is 12.6 Å². The number of aromatic nitrogens is 2. The summed E-state index contributed by atoms with van der Waals surface area (Å²) in [6.07, 6.45) is 7.57. The van der Waals surface area contributed by atoms with Crippen molar-refractivity contribution in [2.75, 3.05) is 0 Å². The topological polar surface area (TPSA) is 44.1 Å². The van der Waals surface area contributed by atoms with Gasteiger partial charge in [0.2, 0.25) is 0 Å². The van der Waals surface area contributed by atoms with Crippen LogP contribution < -0.4 is 4.74 Å². The second-order valence-corrected chi connectivity index (χ2v) is 10.0. The number of nitrogens with zero attached hydrogens (tertiary/aromatic N) is 2. The van der Waals surface area contributed by atoms with Gasteiger partial charge in [-0.15, -0.1) is 0 Å². The molecule has 4 nitrogen and oxygen atoms in total. The van der Waals surface area contributed by atoms with Crippen molar-refractivity contribution in [1.29, 1.82) is 0 Å². The number of ketones is 1. The molecule has 5 aromatic rings. The van der Waals surface area contributed by atoms with Crippen LogP contribution in [0.2, 0.25) is 0 Å². The summed E-state index contributed by atoms with van der Waals surface area (Å²) in [5.41, 5.74) is 5.06. The first-order chi connectivity index (χ1) is 18.2. The SMILES string of the molecule is O=C1CCCc2c1ccc(O[C@H](Cn1ccnc1)c1ccccc1)c2C(S)c1cccc2ccccc12. The normalized spacial score (nSPS) is 14.8. The molecule has 0 fully saturated rings. The third-order valence-electron chi connectivity index (χ3n) is 7.22.